The van der Waals surface area contributed by atoms with Gasteiger partial charge in [-0.3, -0.25) is 0 Å². The van der Waals surface area contributed by atoms with Gasteiger partial charge < -0.3 is 9.97 Å². The van der Waals surface area contributed by atoms with Gasteiger partial charge in [0.1, 0.15) is 34.3 Å². The predicted molar refractivity (Wildman–Crippen MR) is 80.2 cm³/mol. The molecule has 110 valence electrons. The summed E-state index contributed by atoms with van der Waals surface area (Å²) in [6, 6.07) is 0. The second-order valence-corrected chi connectivity index (χ2v) is 5.19. The van der Waals surface area contributed by atoms with E-state index in [0.717, 1.165) is 34.3 Å². The van der Waals surface area contributed by atoms with Crippen molar-refractivity contribution in [3.05, 3.63) is 35.7 Å². The van der Waals surface area contributed by atoms with Gasteiger partial charge in [0.05, 0.1) is 12.4 Å². The first-order valence-electron chi connectivity index (χ1n) is 7.04. The lowest BCUT2D eigenvalue weighted by atomic mass is 10.2. The van der Waals surface area contributed by atoms with Crippen molar-refractivity contribution < 1.29 is 0 Å². The monoisotopic (exact) mass is 294 g/mol. The molecule has 4 aromatic rings. The molecule has 0 amide bonds. The van der Waals surface area contributed by atoms with Crippen LogP contribution in [0.1, 0.15) is 23.3 Å². The lowest BCUT2D eigenvalue weighted by Gasteiger charge is -1.99. The minimum absolute atomic E-state index is 0.663. The first-order valence-corrected chi connectivity index (χ1v) is 7.04. The largest absolute Gasteiger partial charge is 0.340 e. The third-order valence-corrected chi connectivity index (χ3v) is 3.39. The quantitative estimate of drug-likeness (QED) is 0.591. The molecule has 0 aliphatic rings. The molecule has 8 nitrogen and oxygen atoms in total. The van der Waals surface area contributed by atoms with Crippen LogP contribution in [-0.2, 0) is 12.8 Å². The molecule has 0 aromatic carbocycles. The average Bonchev–Trinajstić information content (AvgIpc) is 3.04. The number of aromatic nitrogens is 8. The van der Waals surface area contributed by atoms with Crippen molar-refractivity contribution in [1.29, 1.82) is 0 Å². The van der Waals surface area contributed by atoms with Gasteiger partial charge in [-0.15, -0.1) is 0 Å². The molecule has 0 radical (unpaired) electrons. The van der Waals surface area contributed by atoms with E-state index >= 15 is 0 Å². The Kier molecular flexibility index (Phi) is 2.81. The molecular weight excluding hydrogens is 280 g/mol. The fraction of sp³-hybridized carbons (Fsp3) is 0.286. The number of H-pyrrole nitrogens is 2. The van der Waals surface area contributed by atoms with E-state index in [2.05, 4.69) is 39.9 Å². The van der Waals surface area contributed by atoms with Crippen LogP contribution in [-0.4, -0.2) is 39.9 Å². The van der Waals surface area contributed by atoms with Gasteiger partial charge in [0.25, 0.3) is 0 Å². The van der Waals surface area contributed by atoms with Crippen LogP contribution in [0.4, 0.5) is 0 Å². The van der Waals surface area contributed by atoms with Crippen LogP contribution in [0, 0.1) is 13.8 Å². The first kappa shape index (κ1) is 12.8. The van der Waals surface area contributed by atoms with Gasteiger partial charge in [-0.25, -0.2) is 29.9 Å². The van der Waals surface area contributed by atoms with E-state index < -0.39 is 0 Å². The molecule has 2 N–H and O–H groups in total. The van der Waals surface area contributed by atoms with Crippen molar-refractivity contribution in [3.63, 3.8) is 0 Å². The Morgan fingerprint density at radius 1 is 0.727 bits per heavy atom. The van der Waals surface area contributed by atoms with E-state index in [9.17, 15) is 0 Å². The molecule has 0 spiro atoms. The van der Waals surface area contributed by atoms with E-state index in [4.69, 9.17) is 0 Å². The molecule has 4 heterocycles. The Bertz CT molecular complexity index is 887. The van der Waals surface area contributed by atoms with Crippen molar-refractivity contribution in [3.8, 4) is 0 Å². The molecule has 22 heavy (non-hydrogen) atoms. The third kappa shape index (κ3) is 2.28. The molecule has 0 unspecified atom stereocenters. The van der Waals surface area contributed by atoms with Crippen LogP contribution in [0.5, 0.6) is 0 Å². The maximum absolute atomic E-state index is 4.45. The Morgan fingerprint density at radius 3 is 1.64 bits per heavy atom. The van der Waals surface area contributed by atoms with Crippen LogP contribution < -0.4 is 0 Å². The molecule has 0 bridgehead atoms. The third-order valence-electron chi connectivity index (χ3n) is 3.39. The van der Waals surface area contributed by atoms with Gasteiger partial charge >= 0.3 is 0 Å². The van der Waals surface area contributed by atoms with Crippen molar-refractivity contribution in [1.82, 2.24) is 39.9 Å². The van der Waals surface area contributed by atoms with E-state index in [1.165, 1.54) is 0 Å². The van der Waals surface area contributed by atoms with E-state index in [-0.39, 0.29) is 0 Å². The second-order valence-electron chi connectivity index (χ2n) is 5.19. The molecule has 0 fully saturated rings. The maximum Gasteiger partial charge on any atom is 0.181 e. The van der Waals surface area contributed by atoms with Gasteiger partial charge in [-0.1, -0.05) is 0 Å². The summed E-state index contributed by atoms with van der Waals surface area (Å²) in [7, 11) is 0. The van der Waals surface area contributed by atoms with Gasteiger partial charge in [0, 0.05) is 12.8 Å². The topological polar surface area (TPSA) is 109 Å². The highest BCUT2D eigenvalue weighted by Gasteiger charge is 2.07. The zero-order valence-electron chi connectivity index (χ0n) is 12.3. The average molecular weight is 294 g/mol. The second kappa shape index (κ2) is 4.83. The summed E-state index contributed by atoms with van der Waals surface area (Å²) in [5.41, 5.74) is 3.10. The number of aromatic amines is 2. The van der Waals surface area contributed by atoms with E-state index in [1.54, 1.807) is 12.4 Å². The van der Waals surface area contributed by atoms with Crippen molar-refractivity contribution in [2.75, 3.05) is 0 Å². The lowest BCUT2D eigenvalue weighted by Crippen LogP contribution is -2.02. The highest BCUT2D eigenvalue weighted by atomic mass is 15.0. The summed E-state index contributed by atoms with van der Waals surface area (Å²) in [5.74, 6) is 3.15. The van der Waals surface area contributed by atoms with Crippen molar-refractivity contribution >= 4 is 22.3 Å². The number of nitrogens with zero attached hydrogens (tertiary/aromatic N) is 6. The summed E-state index contributed by atoms with van der Waals surface area (Å²) < 4.78 is 0. The number of hydrogen-bond acceptors (Lipinski definition) is 6. The van der Waals surface area contributed by atoms with Gasteiger partial charge in [-0.2, -0.15) is 0 Å². The van der Waals surface area contributed by atoms with Crippen LogP contribution in [0.25, 0.3) is 22.3 Å². The fourth-order valence-electron chi connectivity index (χ4n) is 2.39. The molecule has 4 aromatic heterocycles. The van der Waals surface area contributed by atoms with Crippen LogP contribution in [0.3, 0.4) is 0 Å². The summed E-state index contributed by atoms with van der Waals surface area (Å²) in [6.07, 6.45) is 4.85. The summed E-state index contributed by atoms with van der Waals surface area (Å²) >= 11 is 0. The van der Waals surface area contributed by atoms with E-state index in [0.29, 0.717) is 24.1 Å². The van der Waals surface area contributed by atoms with Gasteiger partial charge in [0.2, 0.25) is 0 Å². The number of nitrogens with one attached hydrogen (secondary N) is 2. The molecule has 0 aliphatic carbocycles. The Balaban J connectivity index is 1.56. The summed E-state index contributed by atoms with van der Waals surface area (Å²) in [5, 5.41) is 0. The molecule has 4 rings (SSSR count). The van der Waals surface area contributed by atoms with Crippen LogP contribution in [0.15, 0.2) is 12.4 Å². The lowest BCUT2D eigenvalue weighted by molar-refractivity contribution is 0.815. The minimum Gasteiger partial charge on any atom is -0.340 e. The van der Waals surface area contributed by atoms with Crippen LogP contribution in [0.2, 0.25) is 0 Å². The molecule has 8 heteroatoms. The molecule has 0 aliphatic heterocycles. The van der Waals surface area contributed by atoms with Gasteiger partial charge in [-0.05, 0) is 13.8 Å². The normalized spacial score (nSPS) is 11.5. The number of hydrogen-bond donors (Lipinski definition) is 2. The number of imidazole rings is 2. The van der Waals surface area contributed by atoms with Crippen molar-refractivity contribution in [2.45, 2.75) is 26.7 Å². The Labute approximate surface area is 125 Å². The Morgan fingerprint density at radius 2 is 1.18 bits per heavy atom. The molecule has 0 saturated heterocycles. The van der Waals surface area contributed by atoms with Crippen LogP contribution >= 0.6 is 0 Å². The number of rotatable bonds is 3. The zero-order valence-corrected chi connectivity index (χ0v) is 12.3. The first-order chi connectivity index (χ1) is 10.7. The zero-order chi connectivity index (χ0) is 15.1. The maximum atomic E-state index is 4.45. The smallest absolute Gasteiger partial charge is 0.181 e. The fourth-order valence-corrected chi connectivity index (χ4v) is 2.39. The van der Waals surface area contributed by atoms with Gasteiger partial charge in [0.15, 0.2) is 11.3 Å². The van der Waals surface area contributed by atoms with Crippen molar-refractivity contribution in [2.24, 2.45) is 0 Å². The standard InChI is InChI=1S/C14H14N8/c1-7-17-9-5-15-11(21-13(9)19-7)3-4-12-16-6-10-14(22-12)20-8(2)18-10/h5-6H,3-4H2,1-2H3,(H,15,17,19,21)(H,16,18,20,22). The minimum atomic E-state index is 0.663. The Hall–Kier alpha value is -2.90. The highest BCUT2D eigenvalue weighted by Crippen LogP contribution is 2.10. The predicted octanol–water partition coefficient (Wildman–Crippen LogP) is 1.42. The highest BCUT2D eigenvalue weighted by molar-refractivity contribution is 5.69. The number of aryl methyl sites for hydroxylation is 4. The SMILES string of the molecule is Cc1nc2nc(CCc3ncc4[nH]c(C)nc4n3)ncc2[nH]1. The summed E-state index contributed by atoms with van der Waals surface area (Å²) in [4.78, 5) is 32.4. The summed E-state index contributed by atoms with van der Waals surface area (Å²) in [6.45, 7) is 3.80. The molecule has 0 atom stereocenters. The number of fused-ring (bicyclic) bond motifs is 2. The molecular formula is C14H14N8. The molecule has 0 saturated carbocycles. The van der Waals surface area contributed by atoms with E-state index in [1.807, 2.05) is 13.8 Å².